The van der Waals surface area contributed by atoms with Crippen molar-refractivity contribution >= 4 is 11.8 Å². The second-order valence-corrected chi connectivity index (χ2v) is 9.66. The Morgan fingerprint density at radius 3 is 2.61 bits per heavy atom. The van der Waals surface area contributed by atoms with E-state index in [2.05, 4.69) is 26.8 Å². The van der Waals surface area contributed by atoms with Crippen molar-refractivity contribution in [3.8, 4) is 11.1 Å². The summed E-state index contributed by atoms with van der Waals surface area (Å²) in [5.74, 6) is 0.657. The van der Waals surface area contributed by atoms with Crippen molar-refractivity contribution < 1.29 is 18.8 Å². The first-order valence-corrected chi connectivity index (χ1v) is 12.5. The van der Waals surface area contributed by atoms with E-state index in [1.165, 1.54) is 0 Å². The van der Waals surface area contributed by atoms with Gasteiger partial charge in [0.2, 0.25) is 5.91 Å². The first-order valence-electron chi connectivity index (χ1n) is 12.5. The topological polar surface area (TPSA) is 96.7 Å². The molecular weight excluding hydrogens is 456 g/mol. The molecular formula is C28H32N4O4. The first kappa shape index (κ1) is 24.2. The third-order valence-electron chi connectivity index (χ3n) is 6.97. The van der Waals surface area contributed by atoms with Crippen LogP contribution in [0.3, 0.4) is 0 Å². The van der Waals surface area contributed by atoms with Crippen LogP contribution in [0.4, 0.5) is 0 Å². The summed E-state index contributed by atoms with van der Waals surface area (Å²) >= 11 is 0. The first-order chi connectivity index (χ1) is 17.5. The van der Waals surface area contributed by atoms with Crippen LogP contribution >= 0.6 is 0 Å². The summed E-state index contributed by atoms with van der Waals surface area (Å²) in [6.45, 7) is 6.83. The van der Waals surface area contributed by atoms with Crippen LogP contribution in [0.2, 0.25) is 0 Å². The smallest absolute Gasteiger partial charge is 0.251 e. The third kappa shape index (κ3) is 5.50. The van der Waals surface area contributed by atoms with Gasteiger partial charge in [-0.05, 0) is 55.2 Å². The second kappa shape index (κ2) is 10.6. The number of nitrogens with zero attached hydrogens (tertiary/aromatic N) is 2. The van der Waals surface area contributed by atoms with Crippen molar-refractivity contribution in [2.45, 2.75) is 52.0 Å². The Hall–Kier alpha value is -3.49. The number of carbonyl (C=O) groups is 2. The molecule has 2 aromatic carbocycles. The van der Waals surface area contributed by atoms with Gasteiger partial charge >= 0.3 is 0 Å². The summed E-state index contributed by atoms with van der Waals surface area (Å²) in [5.41, 5.74) is 5.64. The van der Waals surface area contributed by atoms with E-state index in [1.807, 2.05) is 56.3 Å². The van der Waals surface area contributed by atoms with Crippen molar-refractivity contribution in [1.29, 1.82) is 0 Å². The molecule has 3 heterocycles. The van der Waals surface area contributed by atoms with Crippen LogP contribution in [0.15, 0.2) is 53.1 Å². The second-order valence-electron chi connectivity index (χ2n) is 9.66. The molecule has 36 heavy (non-hydrogen) atoms. The highest BCUT2D eigenvalue weighted by Gasteiger charge is 2.35. The number of fused-ring (bicyclic) bond motifs is 6. The van der Waals surface area contributed by atoms with Crippen LogP contribution in [-0.4, -0.2) is 53.7 Å². The molecule has 0 aliphatic carbocycles. The molecule has 2 N–H and O–H groups in total. The number of aromatic nitrogens is 1. The predicted octanol–water partition coefficient (Wildman–Crippen LogP) is 3.37. The fraction of sp³-hybridized carbons (Fsp3) is 0.393. The molecule has 4 bridgehead atoms. The van der Waals surface area contributed by atoms with E-state index in [4.69, 9.17) is 9.26 Å². The summed E-state index contributed by atoms with van der Waals surface area (Å²) in [7, 11) is 0. The number of hydrogen-bond donors (Lipinski definition) is 2. The summed E-state index contributed by atoms with van der Waals surface area (Å²) in [5, 5.41) is 10.2. The molecule has 0 spiro atoms. The van der Waals surface area contributed by atoms with Gasteiger partial charge in [0.1, 0.15) is 5.76 Å². The number of rotatable bonds is 2. The number of carbonyl (C=O) groups excluding carboxylic acids is 2. The highest BCUT2D eigenvalue weighted by atomic mass is 16.5. The van der Waals surface area contributed by atoms with Crippen molar-refractivity contribution in [1.82, 2.24) is 20.7 Å². The van der Waals surface area contributed by atoms with Gasteiger partial charge in [0.25, 0.3) is 5.91 Å². The number of aryl methyl sites for hydroxylation is 2. The van der Waals surface area contributed by atoms with E-state index in [9.17, 15) is 9.59 Å². The minimum absolute atomic E-state index is 0.0321. The Morgan fingerprint density at radius 1 is 1.03 bits per heavy atom. The molecule has 188 valence electrons. The minimum atomic E-state index is -0.142. The monoisotopic (exact) mass is 488 g/mol. The Bertz CT molecular complexity index is 1230. The summed E-state index contributed by atoms with van der Waals surface area (Å²) in [6, 6.07) is 15.7. The van der Waals surface area contributed by atoms with Crippen molar-refractivity contribution in [3.63, 3.8) is 0 Å². The molecule has 0 saturated carbocycles. The van der Waals surface area contributed by atoms with Crippen LogP contribution in [0.5, 0.6) is 0 Å². The molecule has 1 saturated heterocycles. The molecule has 2 amide bonds. The number of benzene rings is 2. The summed E-state index contributed by atoms with van der Waals surface area (Å²) < 4.78 is 11.7. The quantitative estimate of drug-likeness (QED) is 0.574. The number of hydrogen-bond acceptors (Lipinski definition) is 6. The highest BCUT2D eigenvalue weighted by Crippen LogP contribution is 2.25. The Morgan fingerprint density at radius 2 is 1.81 bits per heavy atom. The van der Waals surface area contributed by atoms with Crippen LogP contribution in [0, 0.1) is 13.8 Å². The standard InChI is InChI=1S/C28H32N4O4/c1-18-24(19(2)36-31-18)14-32-15-25-26(16-32)35-17-20-6-3-7-21(12-20)22-8-4-9-23(13-22)28(34)29-11-5-10-27(33)30-25/h3-4,6-9,12-13,25-26H,5,10-11,14-17H2,1-2H3,(H,29,34)(H,30,33)/t25-,26-/m0/s1. The average Bonchev–Trinajstić information content (AvgIpc) is 3.42. The van der Waals surface area contributed by atoms with Crippen LogP contribution in [0.1, 0.15) is 45.8 Å². The van der Waals surface area contributed by atoms with Gasteiger partial charge in [-0.1, -0.05) is 35.5 Å². The van der Waals surface area contributed by atoms with Crippen molar-refractivity contribution in [3.05, 3.63) is 76.7 Å². The highest BCUT2D eigenvalue weighted by molar-refractivity contribution is 5.95. The molecule has 0 unspecified atom stereocenters. The van der Waals surface area contributed by atoms with Gasteiger partial charge < -0.3 is 19.9 Å². The lowest BCUT2D eigenvalue weighted by atomic mass is 10.0. The fourth-order valence-electron chi connectivity index (χ4n) is 4.96. The molecule has 2 aliphatic heterocycles. The zero-order valence-corrected chi connectivity index (χ0v) is 20.8. The normalized spacial score (nSPS) is 21.4. The molecule has 8 heteroatoms. The van der Waals surface area contributed by atoms with Crippen molar-refractivity contribution in [2.24, 2.45) is 0 Å². The fourth-order valence-corrected chi connectivity index (χ4v) is 4.96. The Balaban J connectivity index is 1.37. The molecule has 2 atom stereocenters. The number of nitrogens with one attached hydrogen (secondary N) is 2. The van der Waals surface area contributed by atoms with Gasteiger partial charge in [0.15, 0.2) is 0 Å². The van der Waals surface area contributed by atoms with Gasteiger partial charge in [-0.15, -0.1) is 0 Å². The van der Waals surface area contributed by atoms with Gasteiger partial charge in [-0.2, -0.15) is 0 Å². The lowest BCUT2D eigenvalue weighted by Gasteiger charge is -2.20. The van der Waals surface area contributed by atoms with Crippen molar-refractivity contribution in [2.75, 3.05) is 19.6 Å². The lowest BCUT2D eigenvalue weighted by Crippen LogP contribution is -2.44. The molecule has 3 aromatic rings. The zero-order valence-electron chi connectivity index (χ0n) is 20.8. The van der Waals surface area contributed by atoms with Crippen LogP contribution < -0.4 is 10.6 Å². The molecule has 0 radical (unpaired) electrons. The van der Waals surface area contributed by atoms with E-state index < -0.39 is 0 Å². The summed E-state index contributed by atoms with van der Waals surface area (Å²) in [6.07, 6.45) is 0.768. The number of ether oxygens (including phenoxy) is 1. The number of likely N-dealkylation sites (tertiary alicyclic amines) is 1. The Kier molecular flexibility index (Phi) is 7.16. The minimum Gasteiger partial charge on any atom is -0.370 e. The molecule has 1 aromatic heterocycles. The zero-order chi connectivity index (χ0) is 25.1. The van der Waals surface area contributed by atoms with E-state index in [0.717, 1.165) is 33.7 Å². The van der Waals surface area contributed by atoms with Gasteiger partial charge in [0.05, 0.1) is 24.4 Å². The lowest BCUT2D eigenvalue weighted by molar-refractivity contribution is -0.122. The maximum Gasteiger partial charge on any atom is 0.251 e. The van der Waals surface area contributed by atoms with E-state index in [-0.39, 0.29) is 24.0 Å². The predicted molar refractivity (Wildman–Crippen MR) is 135 cm³/mol. The SMILES string of the molecule is Cc1noc(C)c1CN1C[C@@H]2NC(=O)CCCNC(=O)c3cccc(c3)-c3cccc(c3)CO[C@H]2C1. The third-order valence-corrected chi connectivity index (χ3v) is 6.97. The largest absolute Gasteiger partial charge is 0.370 e. The molecule has 8 nitrogen and oxygen atoms in total. The maximum atomic E-state index is 12.7. The Labute approximate surface area is 211 Å². The molecule has 2 aliphatic rings. The molecule has 5 rings (SSSR count). The molecule has 1 fully saturated rings. The van der Waals surface area contributed by atoms with E-state index >= 15 is 0 Å². The maximum absolute atomic E-state index is 12.7. The summed E-state index contributed by atoms with van der Waals surface area (Å²) in [4.78, 5) is 27.7. The van der Waals surface area contributed by atoms with Gasteiger partial charge in [-0.3, -0.25) is 14.5 Å². The van der Waals surface area contributed by atoms with Gasteiger partial charge in [0, 0.05) is 43.7 Å². The van der Waals surface area contributed by atoms with E-state index in [0.29, 0.717) is 51.2 Å². The van der Waals surface area contributed by atoms with E-state index in [1.54, 1.807) is 0 Å². The van der Waals surface area contributed by atoms with Crippen LogP contribution in [-0.2, 0) is 22.7 Å². The number of amides is 2. The van der Waals surface area contributed by atoms with Gasteiger partial charge in [-0.25, -0.2) is 0 Å². The average molecular weight is 489 g/mol. The van der Waals surface area contributed by atoms with Crippen LogP contribution in [0.25, 0.3) is 11.1 Å².